The topological polar surface area (TPSA) is 43.6 Å². The first kappa shape index (κ1) is 15.5. The second-order valence-electron chi connectivity index (χ2n) is 4.31. The lowest BCUT2D eigenvalue weighted by Gasteiger charge is -1.99. The molecule has 2 aromatic heterocycles. The molecule has 0 radical (unpaired) electrons. The second-order valence-corrected chi connectivity index (χ2v) is 4.74. The number of pyridine rings is 1. The minimum absolute atomic E-state index is 0. The van der Waals surface area contributed by atoms with E-state index in [1.165, 1.54) is 7.11 Å². The number of carbonyl (C=O) groups is 1. The Bertz CT molecular complexity index is 784. The molecular weight excluding hydrogens is 356 g/mol. The minimum Gasteiger partial charge on any atom is -0.465 e. The number of carbonyl (C=O) groups excluding carboxylic acids is 1. The third kappa shape index (κ3) is 3.09. The van der Waals surface area contributed by atoms with Crippen molar-refractivity contribution in [2.75, 3.05) is 7.11 Å². The van der Waals surface area contributed by atoms with E-state index in [9.17, 15) is 4.79 Å². The fourth-order valence-electron chi connectivity index (χ4n) is 1.99. The van der Waals surface area contributed by atoms with Gasteiger partial charge in [-0.1, -0.05) is 23.7 Å². The van der Waals surface area contributed by atoms with E-state index in [0.29, 0.717) is 10.6 Å². The molecule has 0 saturated heterocycles. The molecule has 4 nitrogen and oxygen atoms in total. The van der Waals surface area contributed by atoms with Gasteiger partial charge in [-0.05, 0) is 24.3 Å². The van der Waals surface area contributed by atoms with E-state index in [1.807, 2.05) is 30.5 Å². The summed E-state index contributed by atoms with van der Waals surface area (Å²) in [5.74, 6) is -0.367. The summed E-state index contributed by atoms with van der Waals surface area (Å²) in [4.78, 5) is 16.0. The Labute approximate surface area is 137 Å². The van der Waals surface area contributed by atoms with Gasteiger partial charge in [0.25, 0.3) is 0 Å². The Balaban J connectivity index is 0.00000161. The zero-order valence-electron chi connectivity index (χ0n) is 11.1. The van der Waals surface area contributed by atoms with Crippen LogP contribution in [0.4, 0.5) is 0 Å². The summed E-state index contributed by atoms with van der Waals surface area (Å²) in [6.45, 7) is 0. The molecule has 108 valence electrons. The zero-order chi connectivity index (χ0) is 14.1. The van der Waals surface area contributed by atoms with Gasteiger partial charge in [0.05, 0.1) is 18.4 Å². The van der Waals surface area contributed by atoms with E-state index in [0.717, 1.165) is 16.9 Å². The summed E-state index contributed by atoms with van der Waals surface area (Å²) in [5, 5.41) is 0.686. The number of methoxy groups -OCH3 is 1. The van der Waals surface area contributed by atoms with Crippen molar-refractivity contribution < 1.29 is 9.53 Å². The molecule has 0 aliphatic rings. The van der Waals surface area contributed by atoms with Crippen LogP contribution in [0.25, 0.3) is 16.9 Å². The van der Waals surface area contributed by atoms with E-state index < -0.39 is 0 Å². The molecule has 0 spiro atoms. The smallest absolute Gasteiger partial charge is 0.339 e. The van der Waals surface area contributed by atoms with Crippen LogP contribution in [0.5, 0.6) is 0 Å². The van der Waals surface area contributed by atoms with Crippen molar-refractivity contribution in [3.05, 3.63) is 59.4 Å². The van der Waals surface area contributed by atoms with Crippen molar-refractivity contribution in [3.8, 4) is 11.3 Å². The highest BCUT2D eigenvalue weighted by molar-refractivity contribution is 8.93. The Kier molecular flexibility index (Phi) is 4.65. The molecule has 21 heavy (non-hydrogen) atoms. The van der Waals surface area contributed by atoms with E-state index >= 15 is 0 Å². The van der Waals surface area contributed by atoms with Crippen LogP contribution in [0, 0.1) is 0 Å². The van der Waals surface area contributed by atoms with E-state index in [-0.39, 0.29) is 23.0 Å². The number of fused-ring (bicyclic) bond motifs is 1. The van der Waals surface area contributed by atoms with E-state index in [4.69, 9.17) is 16.3 Å². The van der Waals surface area contributed by atoms with Gasteiger partial charge >= 0.3 is 5.97 Å². The molecule has 3 aromatic rings. The summed E-state index contributed by atoms with van der Waals surface area (Å²) < 4.78 is 6.50. The minimum atomic E-state index is -0.367. The molecule has 0 aliphatic carbocycles. The zero-order valence-corrected chi connectivity index (χ0v) is 13.6. The first-order valence-corrected chi connectivity index (χ1v) is 6.38. The Morgan fingerprint density at radius 2 is 1.86 bits per heavy atom. The highest BCUT2D eigenvalue weighted by Crippen LogP contribution is 2.21. The summed E-state index contributed by atoms with van der Waals surface area (Å²) in [5.41, 5.74) is 3.05. The highest BCUT2D eigenvalue weighted by Gasteiger charge is 2.09. The van der Waals surface area contributed by atoms with E-state index in [1.54, 1.807) is 22.7 Å². The predicted octanol–water partition coefficient (Wildman–Crippen LogP) is 4.02. The molecular formula is C15H12BrClN2O2. The lowest BCUT2D eigenvalue weighted by molar-refractivity contribution is 0.0600. The van der Waals surface area contributed by atoms with Gasteiger partial charge < -0.3 is 9.14 Å². The maximum absolute atomic E-state index is 11.5. The summed E-state index contributed by atoms with van der Waals surface area (Å²) >= 11 is 5.87. The van der Waals surface area contributed by atoms with Crippen molar-refractivity contribution in [2.24, 2.45) is 0 Å². The molecule has 6 heteroatoms. The molecule has 3 rings (SSSR count). The van der Waals surface area contributed by atoms with E-state index in [2.05, 4.69) is 4.98 Å². The summed E-state index contributed by atoms with van der Waals surface area (Å²) in [6.07, 6.45) is 3.57. The lowest BCUT2D eigenvalue weighted by atomic mass is 10.2. The summed E-state index contributed by atoms with van der Waals surface area (Å²) in [6, 6.07) is 10.9. The van der Waals surface area contributed by atoms with Crippen LogP contribution in [0.1, 0.15) is 10.4 Å². The van der Waals surface area contributed by atoms with Crippen LogP contribution >= 0.6 is 28.6 Å². The Morgan fingerprint density at radius 1 is 1.14 bits per heavy atom. The van der Waals surface area contributed by atoms with Crippen molar-refractivity contribution in [1.29, 1.82) is 0 Å². The number of aromatic nitrogens is 2. The number of rotatable bonds is 2. The van der Waals surface area contributed by atoms with Crippen LogP contribution in [0.2, 0.25) is 5.02 Å². The molecule has 0 amide bonds. The Morgan fingerprint density at radius 3 is 2.52 bits per heavy atom. The van der Waals surface area contributed by atoms with Gasteiger partial charge in [0.15, 0.2) is 0 Å². The monoisotopic (exact) mass is 366 g/mol. The molecule has 2 heterocycles. The van der Waals surface area contributed by atoms with Crippen LogP contribution in [0.3, 0.4) is 0 Å². The number of hydrogen-bond donors (Lipinski definition) is 0. The normalized spacial score (nSPS) is 10.2. The fourth-order valence-corrected chi connectivity index (χ4v) is 2.12. The summed E-state index contributed by atoms with van der Waals surface area (Å²) in [7, 11) is 1.36. The van der Waals surface area contributed by atoms with Gasteiger partial charge in [-0.25, -0.2) is 9.78 Å². The molecule has 0 atom stereocenters. The van der Waals surface area contributed by atoms with Crippen LogP contribution in [0.15, 0.2) is 48.8 Å². The molecule has 0 bridgehead atoms. The quantitative estimate of drug-likeness (QED) is 0.643. The standard InChI is InChI=1S/C15H11ClN2O2.BrH/c1-20-15(19)11-4-7-14-17-13(9-18(14)8-11)10-2-5-12(16)6-3-10;/h2-9H,1H3;1H. The molecule has 0 aliphatic heterocycles. The van der Waals surface area contributed by atoms with Crippen molar-refractivity contribution >= 4 is 40.2 Å². The third-order valence-electron chi connectivity index (χ3n) is 3.01. The number of ether oxygens (including phenoxy) is 1. The largest absolute Gasteiger partial charge is 0.465 e. The predicted molar refractivity (Wildman–Crippen MR) is 87.3 cm³/mol. The van der Waals surface area contributed by atoms with Gasteiger partial charge in [0, 0.05) is 23.0 Å². The SMILES string of the molecule is Br.COC(=O)c1ccc2nc(-c3ccc(Cl)cc3)cn2c1. The van der Waals surface area contributed by atoms with Crippen LogP contribution < -0.4 is 0 Å². The average molecular weight is 368 g/mol. The molecule has 0 saturated carbocycles. The van der Waals surface area contributed by atoms with Gasteiger partial charge in [-0.15, -0.1) is 17.0 Å². The number of halogens is 2. The highest BCUT2D eigenvalue weighted by atomic mass is 79.9. The van der Waals surface area contributed by atoms with Gasteiger partial charge in [0.1, 0.15) is 5.65 Å². The van der Waals surface area contributed by atoms with Crippen molar-refractivity contribution in [1.82, 2.24) is 9.38 Å². The number of benzene rings is 1. The number of imidazole rings is 1. The lowest BCUT2D eigenvalue weighted by Crippen LogP contribution is -2.02. The number of nitrogens with zero attached hydrogens (tertiary/aromatic N) is 2. The first-order valence-electron chi connectivity index (χ1n) is 6.00. The fraction of sp³-hybridized carbons (Fsp3) is 0.0667. The number of hydrogen-bond acceptors (Lipinski definition) is 3. The average Bonchev–Trinajstić information content (AvgIpc) is 2.90. The van der Waals surface area contributed by atoms with Crippen LogP contribution in [-0.4, -0.2) is 22.5 Å². The van der Waals surface area contributed by atoms with Gasteiger partial charge in [-0.2, -0.15) is 0 Å². The van der Waals surface area contributed by atoms with Gasteiger partial charge in [0.2, 0.25) is 0 Å². The van der Waals surface area contributed by atoms with Gasteiger partial charge in [-0.3, -0.25) is 0 Å². The molecule has 1 aromatic carbocycles. The molecule has 0 N–H and O–H groups in total. The third-order valence-corrected chi connectivity index (χ3v) is 3.26. The first-order chi connectivity index (χ1) is 9.67. The number of esters is 1. The van der Waals surface area contributed by atoms with Crippen molar-refractivity contribution in [2.45, 2.75) is 0 Å². The molecule has 0 fully saturated rings. The maximum Gasteiger partial charge on any atom is 0.339 e. The van der Waals surface area contributed by atoms with Crippen molar-refractivity contribution in [3.63, 3.8) is 0 Å². The Hall–Kier alpha value is -1.85. The van der Waals surface area contributed by atoms with Crippen LogP contribution in [-0.2, 0) is 4.74 Å². The second kappa shape index (κ2) is 6.28. The molecule has 0 unspecified atom stereocenters. The maximum atomic E-state index is 11.5.